The average Bonchev–Trinajstić information content (AvgIpc) is 1.79. The molecule has 0 bridgehead atoms. The summed E-state index contributed by atoms with van der Waals surface area (Å²) in [5.74, 6) is 0. The first-order valence-corrected chi connectivity index (χ1v) is 5.76. The zero-order valence-electron chi connectivity index (χ0n) is 7.79. The van der Waals surface area contributed by atoms with Crippen molar-refractivity contribution in [3.8, 4) is 0 Å². The Morgan fingerprint density at radius 3 is 1.38 bits per heavy atom. The molecule has 16 heavy (non-hydrogen) atoms. The predicted molar refractivity (Wildman–Crippen MR) is 35.0 cm³/mol. The van der Waals surface area contributed by atoms with Crippen LogP contribution in [0.5, 0.6) is 0 Å². The molecular formula is H2K2O11S3. The maximum Gasteiger partial charge on any atom is 1.00 e. The van der Waals surface area contributed by atoms with E-state index in [4.69, 9.17) is 17.9 Å². The third-order valence-electron chi connectivity index (χ3n) is 0.197. The fourth-order valence-corrected chi connectivity index (χ4v) is 0.622. The van der Waals surface area contributed by atoms with Crippen LogP contribution >= 0.6 is 0 Å². The van der Waals surface area contributed by atoms with Gasteiger partial charge >= 0.3 is 113 Å². The Morgan fingerprint density at radius 1 is 1.06 bits per heavy atom. The van der Waals surface area contributed by atoms with Crippen LogP contribution in [0.25, 0.3) is 0 Å². The van der Waals surface area contributed by atoms with Crippen LogP contribution in [0.3, 0.4) is 0 Å². The Morgan fingerprint density at radius 2 is 1.31 bits per heavy atom. The van der Waals surface area contributed by atoms with Crippen LogP contribution in [0.2, 0.25) is 0 Å². The third kappa shape index (κ3) is 43.5. The molecule has 0 amide bonds. The van der Waals surface area contributed by atoms with Crippen LogP contribution in [0.15, 0.2) is 0 Å². The fourth-order valence-electron chi connectivity index (χ4n) is 0.0691. The van der Waals surface area contributed by atoms with Gasteiger partial charge in [0.15, 0.2) is 0 Å². The van der Waals surface area contributed by atoms with Crippen LogP contribution in [-0.2, 0) is 40.8 Å². The summed E-state index contributed by atoms with van der Waals surface area (Å²) in [5, 5.41) is 0. The Balaban J connectivity index is -0.000000105. The summed E-state index contributed by atoms with van der Waals surface area (Å²) in [4.78, 5) is 0. The van der Waals surface area contributed by atoms with Crippen molar-refractivity contribution in [3.63, 3.8) is 0 Å². The fraction of sp³-hybridized carbons (Fsp3) is 0. The molecule has 0 saturated heterocycles. The van der Waals surface area contributed by atoms with E-state index in [1.165, 1.54) is 0 Å². The van der Waals surface area contributed by atoms with Crippen molar-refractivity contribution in [3.05, 3.63) is 0 Å². The second-order valence-electron chi connectivity index (χ2n) is 1.19. The Bertz CT molecular complexity index is 326. The quantitative estimate of drug-likeness (QED) is 0.122. The van der Waals surface area contributed by atoms with Gasteiger partial charge in [0.2, 0.25) is 10.4 Å². The van der Waals surface area contributed by atoms with E-state index in [2.05, 4.69) is 8.67 Å². The molecule has 88 valence electrons. The summed E-state index contributed by atoms with van der Waals surface area (Å²) < 4.78 is 84.2. The molecule has 0 aromatic carbocycles. The molecule has 2 N–H and O–H groups in total. The largest absolute Gasteiger partial charge is 1.00 e. The van der Waals surface area contributed by atoms with E-state index in [-0.39, 0.29) is 103 Å². The standard InChI is InChI=1S/2K.H2O8S2.H2O3S/c;;1-9(2,3)7-8-10(4,5)6;1-4(2)3/h;;(H,1,2,3)(H,4,5,6);(H2,1,2,3)/q2*+1;;/p-2. The molecule has 0 radical (unpaired) electrons. The molecular weight excluding hydrogens is 350 g/mol. The summed E-state index contributed by atoms with van der Waals surface area (Å²) in [7, 11) is -10.3. The number of hydrogen-bond acceptors (Lipinski definition) is 9. The SMILES string of the molecule is O=S(=O)([O-])OOS(=O)(=O)O.O=S([O-])O.[K+].[K+]. The number of rotatable bonds is 3. The minimum Gasteiger partial charge on any atom is -0.750 e. The topological polar surface area (TPSA) is 190 Å². The van der Waals surface area contributed by atoms with Gasteiger partial charge in [-0.25, -0.2) is 12.6 Å². The second-order valence-corrected chi connectivity index (χ2v) is 3.57. The molecule has 0 aliphatic rings. The molecule has 0 rings (SSSR count). The smallest absolute Gasteiger partial charge is 0.750 e. The summed E-state index contributed by atoms with van der Waals surface area (Å²) in [6.45, 7) is 0. The second kappa shape index (κ2) is 13.1. The first-order valence-electron chi connectivity index (χ1n) is 2.03. The van der Waals surface area contributed by atoms with Crippen LogP contribution in [0, 0.1) is 0 Å². The van der Waals surface area contributed by atoms with Gasteiger partial charge in [-0.15, -0.1) is 0 Å². The molecule has 0 spiro atoms. The van der Waals surface area contributed by atoms with Gasteiger partial charge in [-0.2, -0.15) is 8.42 Å². The van der Waals surface area contributed by atoms with Gasteiger partial charge in [0, 0.05) is 0 Å². The normalized spacial score (nSPS) is 12.2. The van der Waals surface area contributed by atoms with Crippen molar-refractivity contribution in [1.82, 2.24) is 0 Å². The third-order valence-corrected chi connectivity index (χ3v) is 0.758. The summed E-state index contributed by atoms with van der Waals surface area (Å²) in [6, 6.07) is 0. The van der Waals surface area contributed by atoms with Gasteiger partial charge in [0.25, 0.3) is 0 Å². The van der Waals surface area contributed by atoms with Gasteiger partial charge in [-0.1, -0.05) is 8.67 Å². The molecule has 0 aliphatic heterocycles. The molecule has 0 aliphatic carbocycles. The van der Waals surface area contributed by atoms with Gasteiger partial charge in [0.1, 0.15) is 0 Å². The Labute approximate surface area is 178 Å². The van der Waals surface area contributed by atoms with E-state index in [0.29, 0.717) is 0 Å². The summed E-state index contributed by atoms with van der Waals surface area (Å²) in [6.07, 6.45) is 0. The Hall–Kier alpha value is 3.08. The van der Waals surface area contributed by atoms with Gasteiger partial charge in [-0.05, 0) is 0 Å². The monoisotopic (exact) mass is 352 g/mol. The van der Waals surface area contributed by atoms with E-state index >= 15 is 0 Å². The zero-order valence-corrected chi connectivity index (χ0v) is 16.5. The summed E-state index contributed by atoms with van der Waals surface area (Å²) >= 11 is -2.86. The van der Waals surface area contributed by atoms with Crippen molar-refractivity contribution in [2.45, 2.75) is 0 Å². The van der Waals surface area contributed by atoms with Crippen molar-refractivity contribution in [2.24, 2.45) is 0 Å². The molecule has 1 unspecified atom stereocenters. The average molecular weight is 352 g/mol. The molecule has 0 saturated carbocycles. The van der Waals surface area contributed by atoms with Crippen LogP contribution < -0.4 is 103 Å². The van der Waals surface area contributed by atoms with Gasteiger partial charge < -0.3 is 13.7 Å². The van der Waals surface area contributed by atoms with Crippen LogP contribution in [0.4, 0.5) is 0 Å². The first kappa shape index (κ1) is 27.4. The zero-order chi connectivity index (χ0) is 12.0. The molecule has 0 aromatic heterocycles. The minimum atomic E-state index is -5.27. The molecule has 1 atom stereocenters. The molecule has 0 aromatic rings. The summed E-state index contributed by atoms with van der Waals surface area (Å²) in [5.41, 5.74) is 0. The van der Waals surface area contributed by atoms with Gasteiger partial charge in [-0.3, -0.25) is 4.55 Å². The first-order chi connectivity index (χ1) is 5.94. The molecule has 16 heteroatoms. The van der Waals surface area contributed by atoms with Crippen molar-refractivity contribution in [1.29, 1.82) is 0 Å². The molecule has 0 fully saturated rings. The van der Waals surface area contributed by atoms with Crippen molar-refractivity contribution in [2.75, 3.05) is 0 Å². The molecule has 0 heterocycles. The van der Waals surface area contributed by atoms with Crippen LogP contribution in [-0.4, -0.2) is 39.3 Å². The maximum atomic E-state index is 9.48. The van der Waals surface area contributed by atoms with E-state index < -0.39 is 32.2 Å². The van der Waals surface area contributed by atoms with E-state index in [1.54, 1.807) is 0 Å². The van der Waals surface area contributed by atoms with E-state index in [9.17, 15) is 21.4 Å². The van der Waals surface area contributed by atoms with E-state index in [1.807, 2.05) is 0 Å². The molecule has 11 nitrogen and oxygen atoms in total. The van der Waals surface area contributed by atoms with Gasteiger partial charge in [0.05, 0.1) is 11.4 Å². The number of hydrogen-bond donors (Lipinski definition) is 2. The predicted octanol–water partition coefficient (Wildman–Crippen LogP) is -8.46. The van der Waals surface area contributed by atoms with E-state index in [0.717, 1.165) is 0 Å². The minimum absolute atomic E-state index is 0. The van der Waals surface area contributed by atoms with Crippen molar-refractivity contribution >= 4 is 32.2 Å². The van der Waals surface area contributed by atoms with Crippen LogP contribution in [0.1, 0.15) is 0 Å². The van der Waals surface area contributed by atoms with Crippen molar-refractivity contribution < 1.29 is 151 Å². The Kier molecular flexibility index (Phi) is 22.4. The maximum absolute atomic E-state index is 9.48.